The quantitative estimate of drug-likeness (QED) is 0.652. The van der Waals surface area contributed by atoms with E-state index in [1.54, 1.807) is 55.7 Å². The number of hydrogen-bond acceptors (Lipinski definition) is 5. The van der Waals surface area contributed by atoms with Crippen molar-refractivity contribution in [2.45, 2.75) is 0 Å². The van der Waals surface area contributed by atoms with Crippen LogP contribution in [0.4, 0.5) is 5.69 Å². The number of para-hydroxylation sites is 1. The number of amides is 2. The standard InChI is InChI=1S/C20H18N2O5/c1-25-15-9-7-12(11-16(15)26-2)8-10-17(23)22-18-13-5-3-4-6-14(13)27-19(18)20(21)24/h3-11H,1-2H3,(H2,21,24)(H,22,23). The summed E-state index contributed by atoms with van der Waals surface area (Å²) in [7, 11) is 3.08. The second kappa shape index (κ2) is 7.65. The van der Waals surface area contributed by atoms with Crippen molar-refractivity contribution in [1.82, 2.24) is 0 Å². The summed E-state index contributed by atoms with van der Waals surface area (Å²) in [4.78, 5) is 23.9. The minimum absolute atomic E-state index is 0.0935. The Bertz CT molecular complexity index is 1040. The molecule has 0 atom stereocenters. The zero-order valence-corrected chi connectivity index (χ0v) is 14.8. The van der Waals surface area contributed by atoms with Crippen LogP contribution in [0.1, 0.15) is 16.1 Å². The Balaban J connectivity index is 1.84. The van der Waals surface area contributed by atoms with E-state index in [-0.39, 0.29) is 11.4 Å². The van der Waals surface area contributed by atoms with Crippen LogP contribution in [0.3, 0.4) is 0 Å². The molecule has 1 heterocycles. The summed E-state index contributed by atoms with van der Waals surface area (Å²) in [6, 6.07) is 12.2. The van der Waals surface area contributed by atoms with Gasteiger partial charge < -0.3 is 24.9 Å². The largest absolute Gasteiger partial charge is 0.493 e. The molecule has 0 saturated carbocycles. The number of rotatable bonds is 6. The predicted molar refractivity (Wildman–Crippen MR) is 102 cm³/mol. The highest BCUT2D eigenvalue weighted by atomic mass is 16.5. The molecule has 0 saturated heterocycles. The lowest BCUT2D eigenvalue weighted by Crippen LogP contribution is -2.15. The lowest BCUT2D eigenvalue weighted by atomic mass is 10.2. The van der Waals surface area contributed by atoms with Crippen LogP contribution < -0.4 is 20.5 Å². The van der Waals surface area contributed by atoms with Gasteiger partial charge in [-0.2, -0.15) is 0 Å². The Morgan fingerprint density at radius 1 is 1.07 bits per heavy atom. The fourth-order valence-corrected chi connectivity index (χ4v) is 2.64. The summed E-state index contributed by atoms with van der Waals surface area (Å²) in [6.07, 6.45) is 2.96. The SMILES string of the molecule is COc1ccc(C=CC(=O)Nc2c(C(N)=O)oc3ccccc23)cc1OC. The first kappa shape index (κ1) is 18.1. The molecule has 3 aromatic rings. The fourth-order valence-electron chi connectivity index (χ4n) is 2.64. The van der Waals surface area contributed by atoms with Crippen LogP contribution >= 0.6 is 0 Å². The van der Waals surface area contributed by atoms with E-state index in [4.69, 9.17) is 19.6 Å². The lowest BCUT2D eigenvalue weighted by Gasteiger charge is -2.07. The minimum atomic E-state index is -0.759. The van der Waals surface area contributed by atoms with Crippen LogP contribution in [-0.2, 0) is 4.79 Å². The Morgan fingerprint density at radius 3 is 2.52 bits per heavy atom. The van der Waals surface area contributed by atoms with E-state index in [0.29, 0.717) is 22.5 Å². The highest BCUT2D eigenvalue weighted by molar-refractivity contribution is 6.13. The molecule has 0 aliphatic rings. The Hall–Kier alpha value is -3.74. The van der Waals surface area contributed by atoms with Gasteiger partial charge in [0.25, 0.3) is 5.91 Å². The van der Waals surface area contributed by atoms with E-state index >= 15 is 0 Å². The first-order valence-electron chi connectivity index (χ1n) is 8.06. The van der Waals surface area contributed by atoms with E-state index in [1.165, 1.54) is 13.2 Å². The van der Waals surface area contributed by atoms with Gasteiger partial charge in [0.15, 0.2) is 11.5 Å². The Labute approximate surface area is 155 Å². The van der Waals surface area contributed by atoms with E-state index < -0.39 is 11.8 Å². The number of benzene rings is 2. The average molecular weight is 366 g/mol. The van der Waals surface area contributed by atoms with E-state index in [1.807, 2.05) is 0 Å². The number of primary amides is 1. The van der Waals surface area contributed by atoms with Crippen LogP contribution in [0.2, 0.25) is 0 Å². The second-order valence-electron chi connectivity index (χ2n) is 5.60. The molecule has 2 aromatic carbocycles. The van der Waals surface area contributed by atoms with Gasteiger partial charge in [0, 0.05) is 11.5 Å². The van der Waals surface area contributed by atoms with Gasteiger partial charge in [0.1, 0.15) is 11.3 Å². The summed E-state index contributed by atoms with van der Waals surface area (Å²) in [5, 5.41) is 3.26. The van der Waals surface area contributed by atoms with Gasteiger partial charge >= 0.3 is 0 Å². The average Bonchev–Trinajstić information content (AvgIpc) is 3.05. The second-order valence-corrected chi connectivity index (χ2v) is 5.60. The zero-order valence-electron chi connectivity index (χ0n) is 14.8. The van der Waals surface area contributed by atoms with Crippen molar-refractivity contribution in [3.63, 3.8) is 0 Å². The summed E-state index contributed by atoms with van der Waals surface area (Å²) in [5.74, 6) is -0.139. The molecule has 2 amide bonds. The third-order valence-electron chi connectivity index (χ3n) is 3.90. The van der Waals surface area contributed by atoms with Crippen LogP contribution in [0.15, 0.2) is 53.0 Å². The maximum absolute atomic E-state index is 12.3. The van der Waals surface area contributed by atoms with E-state index in [9.17, 15) is 9.59 Å². The lowest BCUT2D eigenvalue weighted by molar-refractivity contribution is -0.111. The van der Waals surface area contributed by atoms with E-state index in [0.717, 1.165) is 5.56 Å². The molecule has 0 aliphatic carbocycles. The molecule has 0 unspecified atom stereocenters. The molecule has 7 nitrogen and oxygen atoms in total. The van der Waals surface area contributed by atoms with Crippen molar-refractivity contribution in [1.29, 1.82) is 0 Å². The molecule has 138 valence electrons. The van der Waals surface area contributed by atoms with Crippen molar-refractivity contribution in [3.05, 3.63) is 59.9 Å². The van der Waals surface area contributed by atoms with Gasteiger partial charge in [-0.1, -0.05) is 18.2 Å². The highest BCUT2D eigenvalue weighted by Gasteiger charge is 2.19. The monoisotopic (exact) mass is 366 g/mol. The number of anilines is 1. The van der Waals surface area contributed by atoms with E-state index in [2.05, 4.69) is 5.32 Å². The minimum Gasteiger partial charge on any atom is -0.493 e. The number of ether oxygens (including phenoxy) is 2. The molecule has 0 aliphatic heterocycles. The van der Waals surface area contributed by atoms with Crippen LogP contribution in [-0.4, -0.2) is 26.0 Å². The van der Waals surface area contributed by atoms with Gasteiger partial charge in [0.2, 0.25) is 11.7 Å². The number of nitrogens with one attached hydrogen (secondary N) is 1. The van der Waals surface area contributed by atoms with Crippen LogP contribution in [0.25, 0.3) is 17.0 Å². The number of carbonyl (C=O) groups is 2. The summed E-state index contributed by atoms with van der Waals surface area (Å²) in [6.45, 7) is 0. The predicted octanol–water partition coefficient (Wildman–Crippen LogP) is 3.20. The molecule has 0 fully saturated rings. The Morgan fingerprint density at radius 2 is 1.81 bits per heavy atom. The molecule has 0 bridgehead atoms. The molecule has 0 spiro atoms. The summed E-state index contributed by atoms with van der Waals surface area (Å²) >= 11 is 0. The first-order valence-corrected chi connectivity index (χ1v) is 8.06. The molecular formula is C20H18N2O5. The molecule has 0 radical (unpaired) electrons. The maximum Gasteiger partial charge on any atom is 0.286 e. The normalized spacial score (nSPS) is 10.9. The molecule has 3 rings (SSSR count). The molecule has 1 aromatic heterocycles. The fraction of sp³-hybridized carbons (Fsp3) is 0.100. The number of furan rings is 1. The molecule has 7 heteroatoms. The number of hydrogen-bond donors (Lipinski definition) is 2. The number of fused-ring (bicyclic) bond motifs is 1. The van der Waals surface area contributed by atoms with Crippen LogP contribution in [0.5, 0.6) is 11.5 Å². The van der Waals surface area contributed by atoms with Crippen molar-refractivity contribution >= 4 is 34.5 Å². The van der Waals surface area contributed by atoms with Crippen molar-refractivity contribution in [3.8, 4) is 11.5 Å². The molecule has 27 heavy (non-hydrogen) atoms. The van der Waals surface area contributed by atoms with Gasteiger partial charge in [0.05, 0.1) is 14.2 Å². The van der Waals surface area contributed by atoms with Gasteiger partial charge in [-0.3, -0.25) is 9.59 Å². The van der Waals surface area contributed by atoms with Gasteiger partial charge in [-0.25, -0.2) is 0 Å². The third-order valence-corrected chi connectivity index (χ3v) is 3.90. The van der Waals surface area contributed by atoms with Crippen molar-refractivity contribution in [2.75, 3.05) is 19.5 Å². The molecule has 3 N–H and O–H groups in total. The number of methoxy groups -OCH3 is 2. The van der Waals surface area contributed by atoms with Crippen LogP contribution in [0, 0.1) is 0 Å². The third kappa shape index (κ3) is 3.77. The van der Waals surface area contributed by atoms with Gasteiger partial charge in [-0.05, 0) is 35.9 Å². The Kier molecular flexibility index (Phi) is 5.12. The maximum atomic E-state index is 12.3. The zero-order chi connectivity index (χ0) is 19.4. The number of nitrogens with two attached hydrogens (primary N) is 1. The highest BCUT2D eigenvalue weighted by Crippen LogP contribution is 2.31. The summed E-state index contributed by atoms with van der Waals surface area (Å²) < 4.78 is 15.9. The first-order chi connectivity index (χ1) is 13.0. The van der Waals surface area contributed by atoms with Gasteiger partial charge in [-0.15, -0.1) is 0 Å². The molecular weight excluding hydrogens is 348 g/mol. The number of carbonyl (C=O) groups excluding carboxylic acids is 2. The summed E-state index contributed by atoms with van der Waals surface area (Å²) in [5.41, 5.74) is 6.81. The van der Waals surface area contributed by atoms with Crippen molar-refractivity contribution in [2.24, 2.45) is 5.73 Å². The topological polar surface area (TPSA) is 104 Å². The van der Waals surface area contributed by atoms with Crippen molar-refractivity contribution < 1.29 is 23.5 Å². The smallest absolute Gasteiger partial charge is 0.286 e.